The predicted molar refractivity (Wildman–Crippen MR) is 157 cm³/mol. The standard InChI is InChI=1S/C31H38N6O5/c1-20-23(21(2)37(4)35-20)14-15-32-30(40)25-19-28(38)33-26(18-22-10-6-5-7-11-22)31(41)36(3)16-17-42-27-13-9-8-12-24(27)29(39)34-25/h5-13,25-26H,14-19H2,1-4H3,(H,32,40)(H,33,38)(H,34,39)/t25-,26-/m0/s1. The van der Waals surface area contributed by atoms with E-state index >= 15 is 0 Å². The number of rotatable bonds is 6. The van der Waals surface area contributed by atoms with Crippen LogP contribution >= 0.6 is 0 Å². The average molecular weight is 575 g/mol. The molecule has 3 N–H and O–H groups in total. The van der Waals surface area contributed by atoms with Crippen LogP contribution in [0.4, 0.5) is 0 Å². The van der Waals surface area contributed by atoms with Crippen LogP contribution in [0, 0.1) is 13.8 Å². The predicted octanol–water partition coefficient (Wildman–Crippen LogP) is 1.46. The molecule has 0 bridgehead atoms. The highest BCUT2D eigenvalue weighted by Gasteiger charge is 2.30. The second-order valence-electron chi connectivity index (χ2n) is 10.5. The minimum Gasteiger partial charge on any atom is -0.491 e. The summed E-state index contributed by atoms with van der Waals surface area (Å²) in [5.41, 5.74) is 4.02. The Kier molecular flexibility index (Phi) is 9.95. The van der Waals surface area contributed by atoms with Crippen LogP contribution in [0.1, 0.15) is 39.3 Å². The highest BCUT2D eigenvalue weighted by atomic mass is 16.5. The number of hydrogen-bond acceptors (Lipinski definition) is 6. The first kappa shape index (κ1) is 30.3. The lowest BCUT2D eigenvalue weighted by Gasteiger charge is -2.27. The van der Waals surface area contributed by atoms with E-state index < -0.39 is 29.8 Å². The quantitative estimate of drug-likeness (QED) is 0.408. The van der Waals surface area contributed by atoms with Crippen molar-refractivity contribution in [2.75, 3.05) is 26.7 Å². The van der Waals surface area contributed by atoms with E-state index in [2.05, 4.69) is 21.0 Å². The summed E-state index contributed by atoms with van der Waals surface area (Å²) in [6.07, 6.45) is 0.459. The van der Waals surface area contributed by atoms with Gasteiger partial charge in [0, 0.05) is 32.8 Å². The fourth-order valence-electron chi connectivity index (χ4n) is 5.00. The summed E-state index contributed by atoms with van der Waals surface area (Å²) in [4.78, 5) is 54.9. The molecule has 0 unspecified atom stereocenters. The van der Waals surface area contributed by atoms with Crippen molar-refractivity contribution in [3.63, 3.8) is 0 Å². The van der Waals surface area contributed by atoms with Crippen LogP contribution in [0.3, 0.4) is 0 Å². The van der Waals surface area contributed by atoms with E-state index in [1.54, 1.807) is 36.0 Å². The van der Waals surface area contributed by atoms with Gasteiger partial charge in [0.2, 0.25) is 17.7 Å². The number of likely N-dealkylation sites (N-methyl/N-ethyl adjacent to an activating group) is 1. The molecule has 0 aliphatic carbocycles. The van der Waals surface area contributed by atoms with Gasteiger partial charge in [-0.2, -0.15) is 5.10 Å². The molecule has 2 atom stereocenters. The zero-order valence-corrected chi connectivity index (χ0v) is 24.5. The lowest BCUT2D eigenvalue weighted by molar-refractivity contribution is -0.136. The molecular formula is C31H38N6O5. The van der Waals surface area contributed by atoms with Gasteiger partial charge in [0.15, 0.2) is 0 Å². The van der Waals surface area contributed by atoms with E-state index in [1.807, 2.05) is 51.2 Å². The van der Waals surface area contributed by atoms with E-state index in [-0.39, 0.29) is 37.5 Å². The summed E-state index contributed by atoms with van der Waals surface area (Å²) >= 11 is 0. The van der Waals surface area contributed by atoms with Crippen molar-refractivity contribution in [1.29, 1.82) is 0 Å². The number of carbonyl (C=O) groups excluding carboxylic acids is 4. The van der Waals surface area contributed by atoms with Crippen LogP contribution in [0.5, 0.6) is 5.75 Å². The molecule has 42 heavy (non-hydrogen) atoms. The number of amides is 4. The minimum atomic E-state index is -1.19. The Bertz CT molecular complexity index is 1440. The number of hydrogen-bond donors (Lipinski definition) is 3. The van der Waals surface area contributed by atoms with E-state index in [9.17, 15) is 19.2 Å². The zero-order chi connectivity index (χ0) is 30.2. The van der Waals surface area contributed by atoms with Crippen LogP contribution in [-0.4, -0.2) is 77.1 Å². The van der Waals surface area contributed by atoms with Gasteiger partial charge in [0.1, 0.15) is 24.4 Å². The Balaban J connectivity index is 1.56. The lowest BCUT2D eigenvalue weighted by Crippen LogP contribution is -2.53. The Labute approximate surface area is 245 Å². The third kappa shape index (κ3) is 7.54. The smallest absolute Gasteiger partial charge is 0.255 e. The molecule has 2 heterocycles. The maximum absolute atomic E-state index is 13.4. The maximum atomic E-state index is 13.4. The molecule has 4 rings (SSSR count). The first-order valence-corrected chi connectivity index (χ1v) is 14.0. The molecule has 4 amide bonds. The molecule has 1 aliphatic heterocycles. The number of carbonyl (C=O) groups is 4. The molecule has 2 aromatic carbocycles. The van der Waals surface area contributed by atoms with E-state index in [0.29, 0.717) is 18.7 Å². The van der Waals surface area contributed by atoms with Crippen molar-refractivity contribution in [2.45, 2.75) is 45.2 Å². The van der Waals surface area contributed by atoms with Crippen LogP contribution in [0.2, 0.25) is 0 Å². The molecule has 0 saturated carbocycles. The molecular weight excluding hydrogens is 536 g/mol. The van der Waals surface area contributed by atoms with Gasteiger partial charge in [0.25, 0.3) is 5.91 Å². The number of aryl methyl sites for hydroxylation is 2. The number of benzene rings is 2. The van der Waals surface area contributed by atoms with Crippen LogP contribution in [0.25, 0.3) is 0 Å². The number of nitrogens with zero attached hydrogens (tertiary/aromatic N) is 3. The minimum absolute atomic E-state index is 0.135. The molecule has 3 aromatic rings. The highest BCUT2D eigenvalue weighted by molar-refractivity contribution is 6.01. The monoisotopic (exact) mass is 574 g/mol. The van der Waals surface area contributed by atoms with Crippen LogP contribution < -0.4 is 20.7 Å². The van der Waals surface area contributed by atoms with E-state index in [4.69, 9.17) is 4.74 Å². The Morgan fingerprint density at radius 1 is 1.02 bits per heavy atom. The fraction of sp³-hybridized carbons (Fsp3) is 0.387. The molecule has 222 valence electrons. The van der Waals surface area contributed by atoms with Gasteiger partial charge < -0.3 is 25.6 Å². The van der Waals surface area contributed by atoms with Crippen molar-refractivity contribution in [3.8, 4) is 5.75 Å². The Hall–Kier alpha value is -4.67. The van der Waals surface area contributed by atoms with E-state index in [0.717, 1.165) is 22.5 Å². The summed E-state index contributed by atoms with van der Waals surface area (Å²) in [5, 5.41) is 12.8. The molecule has 0 fully saturated rings. The largest absolute Gasteiger partial charge is 0.491 e. The Morgan fingerprint density at radius 3 is 2.45 bits per heavy atom. The zero-order valence-electron chi connectivity index (χ0n) is 24.5. The van der Waals surface area contributed by atoms with Crippen molar-refractivity contribution in [3.05, 3.63) is 82.7 Å². The van der Waals surface area contributed by atoms with Crippen molar-refractivity contribution in [2.24, 2.45) is 7.05 Å². The van der Waals surface area contributed by atoms with Gasteiger partial charge in [-0.25, -0.2) is 0 Å². The topological polar surface area (TPSA) is 135 Å². The average Bonchev–Trinajstić information content (AvgIpc) is 3.21. The van der Waals surface area contributed by atoms with Gasteiger partial charge in [0.05, 0.1) is 24.2 Å². The van der Waals surface area contributed by atoms with E-state index in [1.165, 1.54) is 4.90 Å². The van der Waals surface area contributed by atoms with Crippen LogP contribution in [-0.2, 0) is 34.3 Å². The first-order valence-electron chi connectivity index (χ1n) is 14.0. The maximum Gasteiger partial charge on any atom is 0.255 e. The number of ether oxygens (including phenoxy) is 1. The number of nitrogens with one attached hydrogen (secondary N) is 3. The van der Waals surface area contributed by atoms with Gasteiger partial charge in [-0.1, -0.05) is 42.5 Å². The summed E-state index contributed by atoms with van der Waals surface area (Å²) < 4.78 is 7.67. The molecule has 11 nitrogen and oxygen atoms in total. The van der Waals surface area contributed by atoms with Crippen molar-refractivity contribution < 1.29 is 23.9 Å². The molecule has 0 saturated heterocycles. The normalized spacial score (nSPS) is 18.3. The molecule has 0 radical (unpaired) electrons. The molecule has 1 aliphatic rings. The summed E-state index contributed by atoms with van der Waals surface area (Å²) in [6.45, 7) is 4.55. The summed E-state index contributed by atoms with van der Waals surface area (Å²) in [7, 11) is 3.50. The molecule has 0 spiro atoms. The molecule has 1 aromatic heterocycles. The lowest BCUT2D eigenvalue weighted by atomic mass is 10.0. The van der Waals surface area contributed by atoms with Gasteiger partial charge in [-0.15, -0.1) is 0 Å². The third-order valence-corrected chi connectivity index (χ3v) is 7.45. The Morgan fingerprint density at radius 2 is 1.74 bits per heavy atom. The van der Waals surface area contributed by atoms with Gasteiger partial charge in [-0.05, 0) is 43.5 Å². The SMILES string of the molecule is Cc1nn(C)c(C)c1CCNC(=O)[C@@H]1CC(=O)N[C@@H](Cc2ccccc2)C(=O)N(C)CCOc2ccccc2C(=O)N1. The third-order valence-electron chi connectivity index (χ3n) is 7.45. The number of aromatic nitrogens is 2. The second kappa shape index (κ2) is 13.8. The second-order valence-corrected chi connectivity index (χ2v) is 10.5. The van der Waals surface area contributed by atoms with Crippen LogP contribution in [0.15, 0.2) is 54.6 Å². The summed E-state index contributed by atoms with van der Waals surface area (Å²) in [6, 6.07) is 14.0. The number of fused-ring (bicyclic) bond motifs is 1. The summed E-state index contributed by atoms with van der Waals surface area (Å²) in [5.74, 6) is -1.54. The van der Waals surface area contributed by atoms with Gasteiger partial charge >= 0.3 is 0 Å². The van der Waals surface area contributed by atoms with Crippen molar-refractivity contribution >= 4 is 23.6 Å². The fourth-order valence-corrected chi connectivity index (χ4v) is 5.00. The van der Waals surface area contributed by atoms with Crippen molar-refractivity contribution in [1.82, 2.24) is 30.6 Å². The molecule has 11 heteroatoms. The van der Waals surface area contributed by atoms with Gasteiger partial charge in [-0.3, -0.25) is 23.9 Å². The number of para-hydroxylation sites is 1. The first-order chi connectivity index (χ1) is 20.1. The highest BCUT2D eigenvalue weighted by Crippen LogP contribution is 2.19.